The maximum absolute atomic E-state index is 14.2. The van der Waals surface area contributed by atoms with Crippen LogP contribution in [0.4, 0.5) is 0 Å². The second-order valence-corrected chi connectivity index (χ2v) is 30.2. The van der Waals surface area contributed by atoms with E-state index < -0.39 is 82.5 Å². The number of hydrogen-bond acceptors (Lipinski definition) is 17. The topological polar surface area (TPSA) is 301 Å². The largest absolute Gasteiger partial charge is 0.756 e. The third kappa shape index (κ3) is 15.4. The van der Waals surface area contributed by atoms with Gasteiger partial charge in [0.2, 0.25) is 19.7 Å². The minimum Gasteiger partial charge on any atom is -0.756 e. The SMILES string of the molecule is CC1=C(C(=O)OCCN(C)Cc2ccccc2)C(c2ccccc2Cl)C2=C(CS(=O)(=O)c3ccccc3S2(=O)=O)N1.CC1=C(C(=O)OCC[NH+](C)Cc2ccccc2)C(c2ccccc2Cl)C2=C(CS(=O)(=O)c3ccccc3S2(=O)=O)N1.O=P([O-])(O)O. The number of carbonyl (C=O) groups excluding carboxylic acids is 2. The van der Waals surface area contributed by atoms with Crippen LogP contribution in [0.2, 0.25) is 10.0 Å². The summed E-state index contributed by atoms with van der Waals surface area (Å²) in [6, 6.07) is 44.1. The highest BCUT2D eigenvalue weighted by Crippen LogP contribution is 2.50. The molecule has 0 saturated heterocycles. The molecule has 0 aromatic heterocycles. The van der Waals surface area contributed by atoms with Crippen molar-refractivity contribution in [3.63, 3.8) is 0 Å². The van der Waals surface area contributed by atoms with Crippen molar-refractivity contribution >= 4 is 82.3 Å². The average Bonchev–Trinajstić information content (AvgIpc) is 1.72. The second kappa shape index (κ2) is 27.3. The van der Waals surface area contributed by atoms with Crippen LogP contribution in [0.15, 0.2) is 221 Å². The summed E-state index contributed by atoms with van der Waals surface area (Å²) < 4.78 is 130. The van der Waals surface area contributed by atoms with E-state index in [0.717, 1.165) is 22.6 Å². The van der Waals surface area contributed by atoms with Crippen LogP contribution in [-0.4, -0.2) is 112 Å². The minimum atomic E-state index is -4.89. The number of allylic oxidation sites excluding steroid dienone is 4. The molecule has 0 aliphatic carbocycles. The van der Waals surface area contributed by atoms with Crippen molar-refractivity contribution in [3.8, 4) is 0 Å². The summed E-state index contributed by atoms with van der Waals surface area (Å²) in [6.45, 7) is 5.73. The van der Waals surface area contributed by atoms with Gasteiger partial charge < -0.3 is 39.7 Å². The number of esters is 2. The molecule has 0 spiro atoms. The highest BCUT2D eigenvalue weighted by molar-refractivity contribution is 7.98. The van der Waals surface area contributed by atoms with E-state index in [1.54, 1.807) is 62.4 Å². The van der Waals surface area contributed by atoms with E-state index in [2.05, 4.69) is 10.6 Å². The summed E-state index contributed by atoms with van der Waals surface area (Å²) in [5.41, 5.74) is 3.70. The number of rotatable bonds is 14. The molecule has 3 atom stereocenters. The van der Waals surface area contributed by atoms with Crippen molar-refractivity contribution < 1.29 is 76.9 Å². The molecule has 3 unspecified atom stereocenters. The molecule has 4 aliphatic rings. The molecule has 0 bridgehead atoms. The van der Waals surface area contributed by atoms with Crippen molar-refractivity contribution in [2.24, 2.45) is 0 Å². The Bertz CT molecular complexity index is 4020. The van der Waals surface area contributed by atoms with E-state index >= 15 is 0 Å². The lowest BCUT2D eigenvalue weighted by molar-refractivity contribution is -0.893. The van der Waals surface area contributed by atoms with Gasteiger partial charge in [-0.25, -0.2) is 43.3 Å². The van der Waals surface area contributed by atoms with Crippen LogP contribution in [0.3, 0.4) is 0 Å². The first-order valence-corrected chi connectivity index (χ1v) is 35.3. The Hall–Kier alpha value is -6.77. The van der Waals surface area contributed by atoms with Crippen LogP contribution in [0.5, 0.6) is 0 Å². The van der Waals surface area contributed by atoms with Crippen LogP contribution >= 0.6 is 31.0 Å². The molecular weight excluding hydrogens is 1260 g/mol. The van der Waals surface area contributed by atoms with Gasteiger partial charge in [-0.15, -0.1) is 0 Å². The molecule has 0 radical (unpaired) electrons. The van der Waals surface area contributed by atoms with E-state index in [4.69, 9.17) is 51.9 Å². The molecular formula is C60H61Cl2N4O16PS4. The number of nitrogens with zero attached hydrogens (tertiary/aromatic N) is 1. The quantitative estimate of drug-likeness (QED) is 0.0624. The fourth-order valence-corrected chi connectivity index (χ4v) is 19.2. The van der Waals surface area contributed by atoms with E-state index in [-0.39, 0.29) is 75.2 Å². The fraction of sp³-hybridized carbons (Fsp3) is 0.233. The number of halogens is 2. The first-order chi connectivity index (χ1) is 41.0. The number of benzene rings is 6. The van der Waals surface area contributed by atoms with Gasteiger partial charge in [0.05, 0.1) is 70.9 Å². The van der Waals surface area contributed by atoms with Gasteiger partial charge in [-0.05, 0) is 74.0 Å². The van der Waals surface area contributed by atoms with Crippen LogP contribution < -0.4 is 20.4 Å². The third-order valence-corrected chi connectivity index (χ3v) is 22.7. The monoisotopic (exact) mass is 1320 g/mol. The lowest BCUT2D eigenvalue weighted by Crippen LogP contribution is -3.08. The van der Waals surface area contributed by atoms with Crippen LogP contribution in [-0.2, 0) is 76.1 Å². The van der Waals surface area contributed by atoms with Crippen molar-refractivity contribution in [3.05, 3.63) is 234 Å². The molecule has 0 saturated carbocycles. The van der Waals surface area contributed by atoms with Gasteiger partial charge >= 0.3 is 11.9 Å². The number of ether oxygens (including phenoxy) is 2. The number of likely N-dealkylation sites (N-methyl/N-ethyl adjacent to an activating group) is 2. The third-order valence-electron chi connectivity index (χ3n) is 14.4. The summed E-state index contributed by atoms with van der Waals surface area (Å²) in [7, 11) is -17.8. The predicted octanol–water partition coefficient (Wildman–Crippen LogP) is 5.92. The Kier molecular flexibility index (Phi) is 20.8. The Morgan fingerprint density at radius 2 is 0.943 bits per heavy atom. The van der Waals surface area contributed by atoms with Gasteiger partial charge in [0.15, 0.2) is 19.7 Å². The van der Waals surface area contributed by atoms with E-state index in [0.29, 0.717) is 42.2 Å². The molecule has 0 fully saturated rings. The molecule has 6 aromatic rings. The van der Waals surface area contributed by atoms with Crippen molar-refractivity contribution in [1.82, 2.24) is 15.5 Å². The zero-order chi connectivity index (χ0) is 63.2. The zero-order valence-corrected chi connectivity index (χ0v) is 52.9. The Morgan fingerprint density at radius 3 is 1.36 bits per heavy atom. The number of quaternary nitrogens is 1. The second-order valence-electron chi connectivity index (χ2n) is 20.7. The number of hydrogen-bond donors (Lipinski definition) is 5. The summed E-state index contributed by atoms with van der Waals surface area (Å²) in [5, 5.41) is 6.35. The highest BCUT2D eigenvalue weighted by atomic mass is 35.5. The highest BCUT2D eigenvalue weighted by Gasteiger charge is 2.48. The average molecular weight is 1320 g/mol. The Labute approximate surface area is 515 Å². The van der Waals surface area contributed by atoms with Gasteiger partial charge in [-0.1, -0.05) is 145 Å². The number of dihydropyridines is 2. The standard InChI is InChI=1S/2C30H29ClN2O6S2.H3O4P/c2*1-20-27(30(34)39-17-16-33(2)18-21-10-4-3-5-11-21)28(22-12-6-7-13-23(22)31)29-24(32-20)19-40(35,36)25-14-8-9-15-26(25)41(29,37)38;1-5(2,3)4/h2*3-15,28,32H,16-19H2,1-2H3;(H3,1,2,3,4). The van der Waals surface area contributed by atoms with Crippen molar-refractivity contribution in [2.45, 2.75) is 58.4 Å². The van der Waals surface area contributed by atoms with Gasteiger partial charge in [0.1, 0.15) is 26.3 Å². The van der Waals surface area contributed by atoms with Crippen molar-refractivity contribution in [2.75, 3.05) is 51.9 Å². The molecule has 4 aliphatic heterocycles. The number of phosphoric acid groups is 1. The maximum atomic E-state index is 14.2. The summed E-state index contributed by atoms with van der Waals surface area (Å²) in [6.07, 6.45) is 0. The lowest BCUT2D eigenvalue weighted by atomic mass is 9.86. The Morgan fingerprint density at radius 1 is 0.586 bits per heavy atom. The van der Waals surface area contributed by atoms with Gasteiger partial charge in [0, 0.05) is 51.5 Å². The normalized spacial score (nSPS) is 19.1. The molecule has 5 N–H and O–H groups in total. The number of nitrogens with one attached hydrogen (secondary N) is 3. The predicted molar refractivity (Wildman–Crippen MR) is 324 cm³/mol. The van der Waals surface area contributed by atoms with Crippen molar-refractivity contribution in [1.29, 1.82) is 0 Å². The summed E-state index contributed by atoms with van der Waals surface area (Å²) in [4.78, 5) is 51.7. The summed E-state index contributed by atoms with van der Waals surface area (Å²) in [5.74, 6) is -4.92. The summed E-state index contributed by atoms with van der Waals surface area (Å²) >= 11 is 13.2. The van der Waals surface area contributed by atoms with Gasteiger partial charge in [-0.2, -0.15) is 0 Å². The molecule has 0 amide bonds. The van der Waals surface area contributed by atoms with E-state index in [1.807, 2.05) is 79.7 Å². The van der Waals surface area contributed by atoms with E-state index in [9.17, 15) is 43.3 Å². The van der Waals surface area contributed by atoms with Gasteiger partial charge in [0.25, 0.3) is 7.82 Å². The fourth-order valence-electron chi connectivity index (χ4n) is 10.6. The van der Waals surface area contributed by atoms with Crippen LogP contribution in [0, 0.1) is 0 Å². The lowest BCUT2D eigenvalue weighted by Gasteiger charge is -2.31. The molecule has 4 heterocycles. The van der Waals surface area contributed by atoms with Crippen LogP contribution in [0.25, 0.3) is 0 Å². The minimum absolute atomic E-state index is 0.00721. The molecule has 6 aromatic carbocycles. The number of fused-ring (bicyclic) bond motifs is 2. The number of carbonyl (C=O) groups is 2. The molecule has 10 rings (SSSR count). The Balaban J connectivity index is 0.000000209. The molecule has 87 heavy (non-hydrogen) atoms. The maximum Gasteiger partial charge on any atom is 0.336 e. The number of sulfone groups is 4. The smallest absolute Gasteiger partial charge is 0.336 e. The van der Waals surface area contributed by atoms with Crippen LogP contribution in [0.1, 0.15) is 47.9 Å². The molecule has 20 nitrogen and oxygen atoms in total. The molecule has 27 heteroatoms. The first-order valence-electron chi connectivity index (χ1n) is 26.7. The first kappa shape index (κ1) is 66.2. The van der Waals surface area contributed by atoms with Gasteiger partial charge in [-0.3, -0.25) is 9.46 Å². The van der Waals surface area contributed by atoms with E-state index in [1.165, 1.54) is 48.5 Å². The molecule has 460 valence electrons. The zero-order valence-electron chi connectivity index (χ0n) is 47.2.